The number of rotatable bonds is 6. The van der Waals surface area contributed by atoms with Crippen LogP contribution in [-0.2, 0) is 0 Å². The predicted molar refractivity (Wildman–Crippen MR) is 112 cm³/mol. The highest BCUT2D eigenvalue weighted by molar-refractivity contribution is 7.14. The van der Waals surface area contributed by atoms with E-state index in [-0.39, 0.29) is 5.91 Å². The molecule has 0 saturated carbocycles. The molecule has 8 heteroatoms. The molecule has 0 aliphatic rings. The first-order chi connectivity index (χ1) is 14.2. The fourth-order valence-electron chi connectivity index (χ4n) is 2.83. The molecule has 0 spiro atoms. The molecular weight excluding hydrogens is 388 g/mol. The van der Waals surface area contributed by atoms with Crippen LogP contribution in [0.4, 0.5) is 5.13 Å². The Morgan fingerprint density at radius 2 is 1.93 bits per heavy atom. The van der Waals surface area contributed by atoms with Crippen LogP contribution in [0.25, 0.3) is 16.9 Å². The van der Waals surface area contributed by atoms with Crippen LogP contribution in [0.2, 0.25) is 0 Å². The van der Waals surface area contributed by atoms with Gasteiger partial charge in [0, 0.05) is 28.9 Å². The van der Waals surface area contributed by atoms with Crippen LogP contribution >= 0.6 is 11.3 Å². The number of thiazole rings is 1. The number of amides is 1. The number of ether oxygens (including phenoxy) is 2. The largest absolute Gasteiger partial charge is 0.497 e. The van der Waals surface area contributed by atoms with Crippen molar-refractivity contribution in [2.75, 3.05) is 19.5 Å². The molecule has 1 N–H and O–H groups in total. The van der Waals surface area contributed by atoms with Gasteiger partial charge < -0.3 is 9.47 Å². The van der Waals surface area contributed by atoms with Crippen molar-refractivity contribution in [1.82, 2.24) is 14.8 Å². The monoisotopic (exact) mass is 406 g/mol. The van der Waals surface area contributed by atoms with Crippen molar-refractivity contribution >= 4 is 22.4 Å². The van der Waals surface area contributed by atoms with E-state index in [0.717, 1.165) is 11.3 Å². The van der Waals surface area contributed by atoms with E-state index in [2.05, 4.69) is 15.4 Å². The summed E-state index contributed by atoms with van der Waals surface area (Å²) in [5.41, 5.74) is 2.92. The van der Waals surface area contributed by atoms with Crippen LogP contribution in [0.5, 0.6) is 11.5 Å². The number of benzene rings is 2. The summed E-state index contributed by atoms with van der Waals surface area (Å²) >= 11 is 1.35. The zero-order valence-corrected chi connectivity index (χ0v) is 16.6. The highest BCUT2D eigenvalue weighted by Gasteiger charge is 2.14. The lowest BCUT2D eigenvalue weighted by Crippen LogP contribution is -2.11. The second kappa shape index (κ2) is 8.15. The lowest BCUT2D eigenvalue weighted by Gasteiger charge is -2.08. The number of nitrogens with zero attached hydrogens (tertiary/aromatic N) is 3. The average molecular weight is 406 g/mol. The number of anilines is 1. The molecule has 29 heavy (non-hydrogen) atoms. The Morgan fingerprint density at radius 3 is 2.62 bits per heavy atom. The summed E-state index contributed by atoms with van der Waals surface area (Å²) < 4.78 is 12.4. The number of carbonyl (C=O) groups excluding carboxylic acids is 1. The maximum Gasteiger partial charge on any atom is 0.257 e. The number of nitrogens with one attached hydrogen (secondary N) is 1. The lowest BCUT2D eigenvalue weighted by molar-refractivity contribution is 0.102. The number of methoxy groups -OCH3 is 2. The summed E-state index contributed by atoms with van der Waals surface area (Å²) in [7, 11) is 3.21. The molecule has 0 radical (unpaired) electrons. The molecule has 0 aliphatic heterocycles. The number of carbonyl (C=O) groups is 1. The van der Waals surface area contributed by atoms with Gasteiger partial charge in [-0.3, -0.25) is 10.1 Å². The summed E-state index contributed by atoms with van der Waals surface area (Å²) in [4.78, 5) is 17.1. The van der Waals surface area contributed by atoms with Crippen LogP contribution in [-0.4, -0.2) is 34.9 Å². The molecule has 0 aliphatic carbocycles. The Morgan fingerprint density at radius 1 is 1.10 bits per heavy atom. The number of aromatic nitrogens is 3. The molecule has 0 bridgehead atoms. The molecule has 0 unspecified atom stereocenters. The van der Waals surface area contributed by atoms with Gasteiger partial charge in [-0.05, 0) is 48.5 Å². The Bertz CT molecular complexity index is 1120. The quantitative estimate of drug-likeness (QED) is 0.517. The molecule has 2 aromatic carbocycles. The predicted octanol–water partition coefficient (Wildman–Crippen LogP) is 4.27. The van der Waals surface area contributed by atoms with Crippen LogP contribution in [0.3, 0.4) is 0 Å². The van der Waals surface area contributed by atoms with Crippen LogP contribution in [0, 0.1) is 0 Å². The molecular formula is C21H18N4O3S. The average Bonchev–Trinajstić information content (AvgIpc) is 3.46. The summed E-state index contributed by atoms with van der Waals surface area (Å²) in [5, 5.41) is 9.39. The van der Waals surface area contributed by atoms with Gasteiger partial charge in [0.15, 0.2) is 5.13 Å². The van der Waals surface area contributed by atoms with Crippen LogP contribution < -0.4 is 14.8 Å². The lowest BCUT2D eigenvalue weighted by atomic mass is 10.1. The normalized spacial score (nSPS) is 10.6. The SMILES string of the molecule is COc1ccc(OC)c(-c2csc(NC(=O)c3ccc(-n4cccn4)cc3)n2)c1. The molecule has 4 rings (SSSR count). The maximum absolute atomic E-state index is 12.6. The van der Waals surface area contributed by atoms with E-state index >= 15 is 0 Å². The Labute approximate surface area is 171 Å². The summed E-state index contributed by atoms with van der Waals surface area (Å²) in [5.74, 6) is 1.16. The van der Waals surface area contributed by atoms with Gasteiger partial charge in [0.2, 0.25) is 0 Å². The third-order valence-corrected chi connectivity index (χ3v) is 5.06. The topological polar surface area (TPSA) is 78.3 Å². The number of hydrogen-bond acceptors (Lipinski definition) is 6. The van der Waals surface area contributed by atoms with Crippen molar-refractivity contribution in [3.05, 3.63) is 71.9 Å². The minimum atomic E-state index is -0.226. The molecule has 7 nitrogen and oxygen atoms in total. The van der Waals surface area contributed by atoms with Crippen LogP contribution in [0.15, 0.2) is 66.3 Å². The van der Waals surface area contributed by atoms with Crippen molar-refractivity contribution in [3.8, 4) is 28.4 Å². The molecule has 4 aromatic rings. The van der Waals surface area contributed by atoms with E-state index in [0.29, 0.717) is 27.9 Å². The third-order valence-electron chi connectivity index (χ3n) is 4.31. The Kier molecular flexibility index (Phi) is 5.26. The van der Waals surface area contributed by atoms with Crippen molar-refractivity contribution in [2.24, 2.45) is 0 Å². The van der Waals surface area contributed by atoms with E-state index in [1.807, 2.05) is 48.0 Å². The minimum absolute atomic E-state index is 0.226. The van der Waals surface area contributed by atoms with Gasteiger partial charge in [0.05, 0.1) is 25.6 Å². The number of hydrogen-bond donors (Lipinski definition) is 1. The first kappa shape index (κ1) is 18.7. The minimum Gasteiger partial charge on any atom is -0.497 e. The van der Waals surface area contributed by atoms with Crippen LogP contribution in [0.1, 0.15) is 10.4 Å². The van der Waals surface area contributed by atoms with Crippen molar-refractivity contribution in [1.29, 1.82) is 0 Å². The zero-order valence-electron chi connectivity index (χ0n) is 15.8. The fraction of sp³-hybridized carbons (Fsp3) is 0.0952. The fourth-order valence-corrected chi connectivity index (χ4v) is 3.53. The molecule has 2 aromatic heterocycles. The third kappa shape index (κ3) is 3.97. The Hall–Kier alpha value is -3.65. The summed E-state index contributed by atoms with van der Waals surface area (Å²) in [6.07, 6.45) is 3.55. The van der Waals surface area contributed by atoms with Crippen molar-refractivity contribution < 1.29 is 14.3 Å². The molecule has 2 heterocycles. The van der Waals surface area contributed by atoms with Gasteiger partial charge in [-0.2, -0.15) is 5.10 Å². The highest BCUT2D eigenvalue weighted by Crippen LogP contribution is 2.35. The molecule has 1 amide bonds. The van der Waals surface area contributed by atoms with Gasteiger partial charge >= 0.3 is 0 Å². The zero-order chi connectivity index (χ0) is 20.2. The first-order valence-corrected chi connectivity index (χ1v) is 9.65. The molecule has 0 atom stereocenters. The van der Waals surface area contributed by atoms with Gasteiger partial charge in [0.25, 0.3) is 5.91 Å². The standard InChI is InChI=1S/C21H18N4O3S/c1-27-16-8-9-19(28-2)17(12-16)18-13-29-21(23-18)24-20(26)14-4-6-15(7-5-14)25-11-3-10-22-25/h3-13H,1-2H3,(H,23,24,26). The molecule has 0 saturated heterocycles. The smallest absolute Gasteiger partial charge is 0.257 e. The summed E-state index contributed by atoms with van der Waals surface area (Å²) in [6, 6.07) is 14.5. The maximum atomic E-state index is 12.6. The van der Waals surface area contributed by atoms with E-state index in [9.17, 15) is 4.79 Å². The van der Waals surface area contributed by atoms with Gasteiger partial charge in [0.1, 0.15) is 11.5 Å². The van der Waals surface area contributed by atoms with Gasteiger partial charge in [-0.15, -0.1) is 11.3 Å². The van der Waals surface area contributed by atoms with E-state index in [1.54, 1.807) is 37.2 Å². The highest BCUT2D eigenvalue weighted by atomic mass is 32.1. The molecule has 146 valence electrons. The van der Waals surface area contributed by atoms with Crippen molar-refractivity contribution in [2.45, 2.75) is 0 Å². The molecule has 0 fully saturated rings. The second-order valence-electron chi connectivity index (χ2n) is 6.06. The van der Waals surface area contributed by atoms with Crippen molar-refractivity contribution in [3.63, 3.8) is 0 Å². The second-order valence-corrected chi connectivity index (χ2v) is 6.91. The van der Waals surface area contributed by atoms with E-state index in [4.69, 9.17) is 9.47 Å². The van der Waals surface area contributed by atoms with E-state index in [1.165, 1.54) is 11.3 Å². The first-order valence-electron chi connectivity index (χ1n) is 8.77. The Balaban J connectivity index is 1.51. The van der Waals surface area contributed by atoms with E-state index < -0.39 is 0 Å². The van der Waals surface area contributed by atoms with Gasteiger partial charge in [-0.25, -0.2) is 9.67 Å². The van der Waals surface area contributed by atoms with Gasteiger partial charge in [-0.1, -0.05) is 0 Å². The summed E-state index contributed by atoms with van der Waals surface area (Å²) in [6.45, 7) is 0.